The summed E-state index contributed by atoms with van der Waals surface area (Å²) in [5, 5.41) is 2.60. The van der Waals surface area contributed by atoms with Gasteiger partial charge in [0, 0.05) is 4.88 Å². The molecule has 12 heteroatoms. The molecular formula is C32H31BrN2O7S2. The molecular weight excluding hydrogens is 668 g/mol. The Hall–Kier alpha value is -3.61. The quantitative estimate of drug-likeness (QED) is 0.165. The van der Waals surface area contributed by atoms with E-state index in [1.807, 2.05) is 37.3 Å². The van der Waals surface area contributed by atoms with Crippen LogP contribution < -0.4 is 14.8 Å². The van der Waals surface area contributed by atoms with E-state index in [4.69, 9.17) is 14.2 Å². The number of carbonyl (C=O) groups is 4. The molecule has 2 aliphatic rings. The van der Waals surface area contributed by atoms with Crippen molar-refractivity contribution in [3.8, 4) is 11.5 Å². The highest BCUT2D eigenvalue weighted by atomic mass is 79.9. The van der Waals surface area contributed by atoms with Gasteiger partial charge >= 0.3 is 5.97 Å². The number of aryl methyl sites for hydroxylation is 1. The van der Waals surface area contributed by atoms with Crippen molar-refractivity contribution in [3.63, 3.8) is 0 Å². The summed E-state index contributed by atoms with van der Waals surface area (Å²) in [5.41, 5.74) is 2.91. The van der Waals surface area contributed by atoms with Gasteiger partial charge in [0.25, 0.3) is 11.1 Å². The first-order chi connectivity index (χ1) is 21.3. The fraction of sp³-hybridized carbons (Fsp3) is 0.312. The first kappa shape index (κ1) is 31.8. The van der Waals surface area contributed by atoms with Crippen molar-refractivity contribution in [1.29, 1.82) is 0 Å². The van der Waals surface area contributed by atoms with Crippen LogP contribution in [0.5, 0.6) is 11.5 Å². The maximum absolute atomic E-state index is 13.2. The summed E-state index contributed by atoms with van der Waals surface area (Å²) in [6, 6.07) is 13.3. The molecule has 2 aromatic carbocycles. The molecule has 1 saturated heterocycles. The molecule has 3 amide bonds. The Morgan fingerprint density at radius 2 is 1.82 bits per heavy atom. The summed E-state index contributed by atoms with van der Waals surface area (Å²) >= 11 is 5.66. The van der Waals surface area contributed by atoms with Crippen molar-refractivity contribution >= 4 is 73.1 Å². The van der Waals surface area contributed by atoms with Gasteiger partial charge in [-0.15, -0.1) is 11.3 Å². The van der Waals surface area contributed by atoms with E-state index in [0.29, 0.717) is 45.3 Å². The summed E-state index contributed by atoms with van der Waals surface area (Å²) in [6.07, 6.45) is 5.13. The largest absolute Gasteiger partial charge is 0.490 e. The van der Waals surface area contributed by atoms with Crippen LogP contribution in [-0.2, 0) is 33.8 Å². The third kappa shape index (κ3) is 7.19. The SMILES string of the molecule is CCOC(=O)c1c(NC(=O)CN2C(=O)S/C(=C\c3cc(Br)c(OCc4ccccc4)c(OCC)c3)C2=O)sc2c1CCCC2. The molecule has 1 N–H and O–H groups in total. The standard InChI is InChI=1S/C32H31BrN2O7S2/c1-3-40-23-15-20(14-22(33)28(23)42-18-19-10-6-5-7-11-19)16-25-30(37)35(32(39)44-25)17-26(36)34-29-27(31(38)41-4-2)21-12-8-9-13-24(21)43-29/h5-7,10-11,14-16H,3-4,8-9,12-13,17-18H2,1-2H3,(H,34,36)/b25-16-. The maximum Gasteiger partial charge on any atom is 0.341 e. The highest BCUT2D eigenvalue weighted by molar-refractivity contribution is 9.10. The molecule has 230 valence electrons. The van der Waals surface area contributed by atoms with E-state index in [0.717, 1.165) is 58.3 Å². The second-order valence-corrected chi connectivity index (χ2v) is 12.9. The molecule has 1 aromatic heterocycles. The molecule has 2 heterocycles. The minimum absolute atomic E-state index is 0.175. The van der Waals surface area contributed by atoms with Gasteiger partial charge in [-0.25, -0.2) is 4.79 Å². The summed E-state index contributed by atoms with van der Waals surface area (Å²) in [6.45, 7) is 4.06. The van der Waals surface area contributed by atoms with Gasteiger partial charge in [0.2, 0.25) is 5.91 Å². The van der Waals surface area contributed by atoms with E-state index < -0.39 is 29.6 Å². The molecule has 0 radical (unpaired) electrons. The van der Waals surface area contributed by atoms with Crippen LogP contribution >= 0.6 is 39.0 Å². The number of esters is 1. The van der Waals surface area contributed by atoms with Crippen LogP contribution in [-0.4, -0.2) is 47.7 Å². The molecule has 1 aliphatic heterocycles. The molecule has 0 saturated carbocycles. The Morgan fingerprint density at radius 3 is 2.57 bits per heavy atom. The molecule has 1 fully saturated rings. The highest BCUT2D eigenvalue weighted by Crippen LogP contribution is 2.41. The van der Waals surface area contributed by atoms with Gasteiger partial charge in [0.1, 0.15) is 18.2 Å². The number of halogens is 1. The number of nitrogens with zero attached hydrogens (tertiary/aromatic N) is 1. The minimum atomic E-state index is -0.579. The normalized spacial score (nSPS) is 15.3. The third-order valence-corrected chi connectivity index (χ3v) is 9.64. The summed E-state index contributed by atoms with van der Waals surface area (Å²) in [5.74, 6) is -0.622. The van der Waals surface area contributed by atoms with Crippen LogP contribution in [0.25, 0.3) is 6.08 Å². The Kier molecular flexibility index (Phi) is 10.4. The van der Waals surface area contributed by atoms with Crippen LogP contribution in [0.2, 0.25) is 0 Å². The Morgan fingerprint density at radius 1 is 1.05 bits per heavy atom. The molecule has 3 aromatic rings. The molecule has 9 nitrogen and oxygen atoms in total. The maximum atomic E-state index is 13.2. The lowest BCUT2D eigenvalue weighted by atomic mass is 9.95. The predicted octanol–water partition coefficient (Wildman–Crippen LogP) is 7.22. The minimum Gasteiger partial charge on any atom is -0.490 e. The van der Waals surface area contributed by atoms with Gasteiger partial charge < -0.3 is 19.5 Å². The predicted molar refractivity (Wildman–Crippen MR) is 174 cm³/mol. The summed E-state index contributed by atoms with van der Waals surface area (Å²) in [7, 11) is 0. The van der Waals surface area contributed by atoms with E-state index in [-0.39, 0.29) is 11.5 Å². The van der Waals surface area contributed by atoms with Crippen LogP contribution in [0, 0.1) is 0 Å². The third-order valence-electron chi connectivity index (χ3n) is 6.93. The number of fused-ring (bicyclic) bond motifs is 1. The second-order valence-electron chi connectivity index (χ2n) is 9.99. The van der Waals surface area contributed by atoms with Gasteiger partial charge in [-0.2, -0.15) is 0 Å². The zero-order valence-corrected chi connectivity index (χ0v) is 27.5. The van der Waals surface area contributed by atoms with Gasteiger partial charge in [0.15, 0.2) is 11.5 Å². The van der Waals surface area contributed by atoms with Crippen LogP contribution in [0.1, 0.15) is 58.6 Å². The first-order valence-corrected chi connectivity index (χ1v) is 16.7. The first-order valence-electron chi connectivity index (χ1n) is 14.3. The number of hydrogen-bond acceptors (Lipinski definition) is 9. The number of thioether (sulfide) groups is 1. The average Bonchev–Trinajstić information content (AvgIpc) is 3.49. The van der Waals surface area contributed by atoms with Gasteiger partial charge in [-0.3, -0.25) is 19.3 Å². The molecule has 0 unspecified atom stereocenters. The molecule has 1 aliphatic carbocycles. The Balaban J connectivity index is 1.30. The molecule has 0 bridgehead atoms. The van der Waals surface area contributed by atoms with E-state index >= 15 is 0 Å². The molecule has 44 heavy (non-hydrogen) atoms. The number of thiophene rings is 1. The zero-order valence-electron chi connectivity index (χ0n) is 24.3. The molecule has 0 atom stereocenters. The smallest absolute Gasteiger partial charge is 0.341 e. The monoisotopic (exact) mass is 698 g/mol. The van der Waals surface area contributed by atoms with Crippen molar-refractivity contribution in [2.45, 2.75) is 46.1 Å². The molecule has 0 spiro atoms. The number of imide groups is 1. The number of hydrogen-bond donors (Lipinski definition) is 1. The second kappa shape index (κ2) is 14.4. The lowest BCUT2D eigenvalue weighted by molar-refractivity contribution is -0.127. The van der Waals surface area contributed by atoms with Gasteiger partial charge in [-0.05, 0) is 102 Å². The van der Waals surface area contributed by atoms with E-state index in [2.05, 4.69) is 21.2 Å². The number of anilines is 1. The highest BCUT2D eigenvalue weighted by Gasteiger charge is 2.37. The van der Waals surface area contributed by atoms with E-state index in [9.17, 15) is 19.2 Å². The van der Waals surface area contributed by atoms with E-state index in [1.165, 1.54) is 11.3 Å². The lowest BCUT2D eigenvalue weighted by Crippen LogP contribution is -2.36. The van der Waals surface area contributed by atoms with Crippen LogP contribution in [0.15, 0.2) is 51.8 Å². The van der Waals surface area contributed by atoms with Crippen molar-refractivity contribution in [3.05, 3.63) is 79.0 Å². The summed E-state index contributed by atoms with van der Waals surface area (Å²) < 4.78 is 17.7. The van der Waals surface area contributed by atoms with Crippen LogP contribution in [0.3, 0.4) is 0 Å². The Labute approximate surface area is 272 Å². The zero-order chi connectivity index (χ0) is 31.2. The number of carbonyl (C=O) groups excluding carboxylic acids is 4. The average molecular weight is 700 g/mol. The number of rotatable bonds is 11. The number of benzene rings is 2. The topological polar surface area (TPSA) is 111 Å². The fourth-order valence-corrected chi connectivity index (χ4v) is 7.68. The lowest BCUT2D eigenvalue weighted by Gasteiger charge is -2.15. The van der Waals surface area contributed by atoms with Gasteiger partial charge in [0.05, 0.1) is 28.2 Å². The van der Waals surface area contributed by atoms with Crippen molar-refractivity contribution in [1.82, 2.24) is 4.90 Å². The number of amides is 3. The number of nitrogens with one attached hydrogen (secondary N) is 1. The van der Waals surface area contributed by atoms with Gasteiger partial charge in [-0.1, -0.05) is 30.3 Å². The van der Waals surface area contributed by atoms with Crippen molar-refractivity contribution in [2.24, 2.45) is 0 Å². The Bertz CT molecular complexity index is 1620. The fourth-order valence-electron chi connectivity index (χ4n) is 4.97. The van der Waals surface area contributed by atoms with Crippen LogP contribution in [0.4, 0.5) is 9.80 Å². The molecule has 5 rings (SSSR count). The van der Waals surface area contributed by atoms with Crippen molar-refractivity contribution < 1.29 is 33.4 Å². The van der Waals surface area contributed by atoms with E-state index in [1.54, 1.807) is 25.1 Å². The number of ether oxygens (including phenoxy) is 3. The van der Waals surface area contributed by atoms with Crippen molar-refractivity contribution in [2.75, 3.05) is 25.1 Å². The summed E-state index contributed by atoms with van der Waals surface area (Å²) in [4.78, 5) is 54.0.